The van der Waals surface area contributed by atoms with Crippen LogP contribution in [0.25, 0.3) is 0 Å². The Balaban J connectivity index is 2.78. The second-order valence-electron chi connectivity index (χ2n) is 5.83. The van der Waals surface area contributed by atoms with E-state index < -0.39 is 0 Å². The fraction of sp³-hybridized carbons (Fsp3) is 0.500. The number of carbonyl (C=O) groups excluding carboxylic acids is 1. The lowest BCUT2D eigenvalue weighted by Gasteiger charge is -2.16. The number of nitrogens with two attached hydrogens (primary N) is 1. The molecule has 1 unspecified atom stereocenters. The van der Waals surface area contributed by atoms with Gasteiger partial charge in [0.25, 0.3) is 5.91 Å². The van der Waals surface area contributed by atoms with Crippen LogP contribution in [0.1, 0.15) is 55.1 Å². The van der Waals surface area contributed by atoms with Gasteiger partial charge in [0.15, 0.2) is 0 Å². The van der Waals surface area contributed by atoms with Crippen molar-refractivity contribution < 1.29 is 4.79 Å². The Morgan fingerprint density at radius 1 is 1.29 bits per heavy atom. The summed E-state index contributed by atoms with van der Waals surface area (Å²) in [5.41, 5.74) is 7.86. The topological polar surface area (TPSA) is 55.1 Å². The molecule has 1 rings (SSSR count). The third-order valence-electron chi connectivity index (χ3n) is 3.46. The number of hydrogen-bond donors (Lipinski definition) is 2. The minimum Gasteiger partial charge on any atom is -0.350 e. The number of nitrogens with one attached hydrogen (secondary N) is 1. The van der Waals surface area contributed by atoms with Gasteiger partial charge in [0.2, 0.25) is 0 Å². The molecule has 0 aliphatic carbocycles. The molecule has 0 heterocycles. The van der Waals surface area contributed by atoms with Gasteiger partial charge >= 0.3 is 0 Å². The molecule has 3 heteroatoms. The normalized spacial score (nSPS) is 11.7. The number of carbonyl (C=O) groups is 1. The van der Waals surface area contributed by atoms with Crippen molar-refractivity contribution in [3.8, 4) is 11.8 Å². The van der Waals surface area contributed by atoms with Gasteiger partial charge in [0, 0.05) is 17.2 Å². The summed E-state index contributed by atoms with van der Waals surface area (Å²) in [5.74, 6) is 6.46. The first-order valence-electron chi connectivity index (χ1n) is 7.55. The Morgan fingerprint density at radius 2 is 2.00 bits per heavy atom. The maximum absolute atomic E-state index is 12.4. The van der Waals surface area contributed by atoms with Gasteiger partial charge in [-0.25, -0.2) is 0 Å². The van der Waals surface area contributed by atoms with E-state index in [0.29, 0.717) is 18.0 Å². The van der Waals surface area contributed by atoms with Crippen molar-refractivity contribution in [3.05, 3.63) is 34.9 Å². The molecule has 114 valence electrons. The zero-order valence-corrected chi connectivity index (χ0v) is 13.5. The van der Waals surface area contributed by atoms with Gasteiger partial charge in [0.1, 0.15) is 0 Å². The first-order valence-corrected chi connectivity index (χ1v) is 7.55. The van der Waals surface area contributed by atoms with Gasteiger partial charge in [-0.1, -0.05) is 31.8 Å². The van der Waals surface area contributed by atoms with Gasteiger partial charge in [-0.3, -0.25) is 4.79 Å². The number of hydrogen-bond acceptors (Lipinski definition) is 2. The highest BCUT2D eigenvalue weighted by molar-refractivity contribution is 5.96. The van der Waals surface area contributed by atoms with Crippen molar-refractivity contribution in [1.82, 2.24) is 5.32 Å². The van der Waals surface area contributed by atoms with Crippen LogP contribution < -0.4 is 11.1 Å². The van der Waals surface area contributed by atoms with Crippen LogP contribution in [0, 0.1) is 24.7 Å². The lowest BCUT2D eigenvalue weighted by molar-refractivity contribution is 0.0936. The van der Waals surface area contributed by atoms with Crippen LogP contribution in [-0.2, 0) is 0 Å². The summed E-state index contributed by atoms with van der Waals surface area (Å²) < 4.78 is 0. The van der Waals surface area contributed by atoms with Crippen molar-refractivity contribution in [2.24, 2.45) is 11.7 Å². The smallest absolute Gasteiger partial charge is 0.251 e. The first-order chi connectivity index (χ1) is 9.95. The number of benzene rings is 1. The van der Waals surface area contributed by atoms with Crippen molar-refractivity contribution in [2.45, 2.75) is 46.6 Å². The molecule has 0 aliphatic rings. The summed E-state index contributed by atoms with van der Waals surface area (Å²) in [4.78, 5) is 12.4. The van der Waals surface area contributed by atoms with E-state index in [1.165, 1.54) is 0 Å². The fourth-order valence-electron chi connectivity index (χ4n) is 2.12. The van der Waals surface area contributed by atoms with Crippen LogP contribution in [0.4, 0.5) is 0 Å². The zero-order valence-electron chi connectivity index (χ0n) is 13.5. The molecule has 0 spiro atoms. The minimum atomic E-state index is -0.0276. The van der Waals surface area contributed by atoms with Gasteiger partial charge in [0.05, 0.1) is 6.54 Å². The van der Waals surface area contributed by atoms with Crippen LogP contribution in [0.2, 0.25) is 0 Å². The quantitative estimate of drug-likeness (QED) is 0.818. The second kappa shape index (κ2) is 8.49. The Kier molecular flexibility index (Phi) is 6.98. The molecule has 0 saturated carbocycles. The monoisotopic (exact) mass is 286 g/mol. The molecule has 1 amide bonds. The Morgan fingerprint density at radius 3 is 2.62 bits per heavy atom. The molecule has 0 aromatic heterocycles. The van der Waals surface area contributed by atoms with E-state index in [0.717, 1.165) is 24.0 Å². The van der Waals surface area contributed by atoms with Crippen LogP contribution in [0.3, 0.4) is 0 Å². The first kappa shape index (κ1) is 17.3. The third-order valence-corrected chi connectivity index (χ3v) is 3.46. The van der Waals surface area contributed by atoms with Gasteiger partial charge < -0.3 is 11.1 Å². The van der Waals surface area contributed by atoms with Crippen LogP contribution in [-0.4, -0.2) is 18.5 Å². The molecular weight excluding hydrogens is 260 g/mol. The van der Waals surface area contributed by atoms with Crippen LogP contribution >= 0.6 is 0 Å². The standard InChI is InChI=1S/C18H26N2O/c1-13(2)10-11-14(3)20-18(21)17-9-5-7-16(15(17)4)8-6-12-19/h5,7,9,13-14H,10-12,19H2,1-4H3,(H,20,21). The Labute approximate surface area is 128 Å². The molecule has 0 aliphatic heterocycles. The number of amides is 1. The molecule has 1 aromatic carbocycles. The van der Waals surface area contributed by atoms with E-state index in [2.05, 4.69) is 31.0 Å². The minimum absolute atomic E-state index is 0.0276. The van der Waals surface area contributed by atoms with Crippen molar-refractivity contribution in [3.63, 3.8) is 0 Å². The summed E-state index contributed by atoms with van der Waals surface area (Å²) in [7, 11) is 0. The lowest BCUT2D eigenvalue weighted by atomic mass is 10.0. The van der Waals surface area contributed by atoms with E-state index in [1.807, 2.05) is 32.0 Å². The molecule has 1 atom stereocenters. The molecule has 0 bridgehead atoms. The van der Waals surface area contributed by atoms with E-state index in [1.54, 1.807) is 0 Å². The highest BCUT2D eigenvalue weighted by Crippen LogP contribution is 2.14. The van der Waals surface area contributed by atoms with E-state index in [-0.39, 0.29) is 11.9 Å². The summed E-state index contributed by atoms with van der Waals surface area (Å²) in [6.07, 6.45) is 2.11. The largest absolute Gasteiger partial charge is 0.350 e. The van der Waals surface area contributed by atoms with Crippen molar-refractivity contribution >= 4 is 5.91 Å². The lowest BCUT2D eigenvalue weighted by Crippen LogP contribution is -2.33. The molecule has 21 heavy (non-hydrogen) atoms. The van der Waals surface area contributed by atoms with Gasteiger partial charge in [-0.15, -0.1) is 0 Å². The van der Waals surface area contributed by atoms with E-state index in [9.17, 15) is 4.79 Å². The predicted molar refractivity (Wildman–Crippen MR) is 88.1 cm³/mol. The highest BCUT2D eigenvalue weighted by atomic mass is 16.1. The Hall–Kier alpha value is -1.79. The fourth-order valence-corrected chi connectivity index (χ4v) is 2.12. The summed E-state index contributed by atoms with van der Waals surface area (Å²) in [6.45, 7) is 8.68. The summed E-state index contributed by atoms with van der Waals surface area (Å²) >= 11 is 0. The Bertz CT molecular complexity index is 538. The SMILES string of the molecule is Cc1c(C#CCN)cccc1C(=O)NC(C)CCC(C)C. The van der Waals surface area contributed by atoms with E-state index >= 15 is 0 Å². The van der Waals surface area contributed by atoms with Crippen LogP contribution in [0.5, 0.6) is 0 Å². The highest BCUT2D eigenvalue weighted by Gasteiger charge is 2.13. The number of rotatable bonds is 5. The predicted octanol–water partition coefficient (Wildman–Crippen LogP) is 2.86. The third kappa shape index (κ3) is 5.61. The molecule has 0 fully saturated rings. The maximum atomic E-state index is 12.4. The average Bonchev–Trinajstić information content (AvgIpc) is 2.44. The van der Waals surface area contributed by atoms with Gasteiger partial charge in [-0.2, -0.15) is 0 Å². The average molecular weight is 286 g/mol. The van der Waals surface area contributed by atoms with Gasteiger partial charge in [-0.05, 0) is 50.3 Å². The summed E-state index contributed by atoms with van der Waals surface area (Å²) in [6, 6.07) is 5.80. The summed E-state index contributed by atoms with van der Waals surface area (Å²) in [5, 5.41) is 3.06. The zero-order chi connectivity index (χ0) is 15.8. The van der Waals surface area contributed by atoms with Crippen molar-refractivity contribution in [2.75, 3.05) is 6.54 Å². The molecule has 0 saturated heterocycles. The maximum Gasteiger partial charge on any atom is 0.251 e. The van der Waals surface area contributed by atoms with Crippen molar-refractivity contribution in [1.29, 1.82) is 0 Å². The molecule has 3 nitrogen and oxygen atoms in total. The molecule has 1 aromatic rings. The van der Waals surface area contributed by atoms with Crippen LogP contribution in [0.15, 0.2) is 18.2 Å². The molecular formula is C18H26N2O. The molecule has 3 N–H and O–H groups in total. The second-order valence-corrected chi connectivity index (χ2v) is 5.83. The molecule has 0 radical (unpaired) electrons. The van der Waals surface area contributed by atoms with E-state index in [4.69, 9.17) is 5.73 Å².